The Morgan fingerprint density at radius 1 is 1.24 bits per heavy atom. The number of nitrogen functional groups attached to an aromatic ring is 1. The highest BCUT2D eigenvalue weighted by Crippen LogP contribution is 2.36. The molecule has 1 amide bonds. The summed E-state index contributed by atoms with van der Waals surface area (Å²) in [5.41, 5.74) is 6.96. The molecule has 1 fully saturated rings. The molecule has 5 nitrogen and oxygen atoms in total. The average molecular weight is 290 g/mol. The first-order valence-corrected chi connectivity index (χ1v) is 7.54. The smallest absolute Gasteiger partial charge is 0.256 e. The van der Waals surface area contributed by atoms with Gasteiger partial charge in [0.25, 0.3) is 5.91 Å². The molecule has 114 valence electrons. The van der Waals surface area contributed by atoms with Gasteiger partial charge in [-0.25, -0.2) is 0 Å². The number of benzene rings is 1. The molecule has 2 heterocycles. The van der Waals surface area contributed by atoms with Crippen molar-refractivity contribution in [3.63, 3.8) is 0 Å². The summed E-state index contributed by atoms with van der Waals surface area (Å²) in [6.45, 7) is 6.28. The molecule has 2 aliphatic heterocycles. The summed E-state index contributed by atoms with van der Waals surface area (Å²) in [5.74, 6) is 2.60. The maximum Gasteiger partial charge on any atom is 0.256 e. The second kappa shape index (κ2) is 5.47. The number of carbonyl (C=O) groups excluding carboxylic acids is 1. The van der Waals surface area contributed by atoms with Gasteiger partial charge in [0, 0.05) is 24.8 Å². The van der Waals surface area contributed by atoms with E-state index in [9.17, 15) is 4.79 Å². The second-order valence-corrected chi connectivity index (χ2v) is 6.17. The minimum Gasteiger partial charge on any atom is -0.454 e. The molecule has 5 heteroatoms. The molecule has 1 aromatic rings. The Morgan fingerprint density at radius 3 is 2.48 bits per heavy atom. The molecular formula is C16H22N2O3. The second-order valence-electron chi connectivity index (χ2n) is 6.17. The van der Waals surface area contributed by atoms with Crippen LogP contribution in [0.15, 0.2) is 12.1 Å². The van der Waals surface area contributed by atoms with Gasteiger partial charge in [0.1, 0.15) is 0 Å². The van der Waals surface area contributed by atoms with Crippen LogP contribution >= 0.6 is 0 Å². The topological polar surface area (TPSA) is 64.8 Å². The van der Waals surface area contributed by atoms with E-state index in [1.165, 1.54) is 0 Å². The number of fused-ring (bicyclic) bond motifs is 1. The number of hydrogen-bond acceptors (Lipinski definition) is 4. The Labute approximate surface area is 125 Å². The van der Waals surface area contributed by atoms with Crippen LogP contribution in [0.5, 0.6) is 11.5 Å². The third kappa shape index (κ3) is 2.64. The SMILES string of the molecule is CC(C)C1CCN(C(=O)c2cc3c(cc2N)OCO3)CC1. The number of nitrogens with two attached hydrogens (primary N) is 1. The Bertz CT molecular complexity index is 549. The van der Waals surface area contributed by atoms with Crippen molar-refractivity contribution in [1.82, 2.24) is 4.90 Å². The van der Waals surface area contributed by atoms with E-state index in [1.54, 1.807) is 12.1 Å². The van der Waals surface area contributed by atoms with E-state index in [1.807, 2.05) is 4.90 Å². The lowest BCUT2D eigenvalue weighted by Crippen LogP contribution is -2.39. The molecule has 21 heavy (non-hydrogen) atoms. The summed E-state index contributed by atoms with van der Waals surface area (Å²) in [4.78, 5) is 14.5. The van der Waals surface area contributed by atoms with E-state index in [0.717, 1.165) is 25.9 Å². The van der Waals surface area contributed by atoms with Crippen molar-refractivity contribution in [3.05, 3.63) is 17.7 Å². The predicted molar refractivity (Wildman–Crippen MR) is 80.4 cm³/mol. The van der Waals surface area contributed by atoms with Gasteiger partial charge in [-0.05, 0) is 30.7 Å². The third-order valence-corrected chi connectivity index (χ3v) is 4.54. The fourth-order valence-electron chi connectivity index (χ4n) is 3.08. The molecule has 1 aromatic carbocycles. The van der Waals surface area contributed by atoms with E-state index in [-0.39, 0.29) is 12.7 Å². The highest BCUT2D eigenvalue weighted by atomic mass is 16.7. The molecule has 1 saturated heterocycles. The van der Waals surface area contributed by atoms with Crippen LogP contribution in [0.25, 0.3) is 0 Å². The monoisotopic (exact) mass is 290 g/mol. The summed E-state index contributed by atoms with van der Waals surface area (Å²) in [5, 5.41) is 0. The van der Waals surface area contributed by atoms with Crippen LogP contribution in [0.1, 0.15) is 37.0 Å². The predicted octanol–water partition coefficient (Wildman–Crippen LogP) is 2.51. The van der Waals surface area contributed by atoms with Crippen LogP contribution in [0.2, 0.25) is 0 Å². The van der Waals surface area contributed by atoms with Crippen molar-refractivity contribution in [2.45, 2.75) is 26.7 Å². The number of rotatable bonds is 2. The Balaban J connectivity index is 1.74. The summed E-state index contributed by atoms with van der Waals surface area (Å²) in [6.07, 6.45) is 2.13. The molecular weight excluding hydrogens is 268 g/mol. The molecule has 0 radical (unpaired) electrons. The van der Waals surface area contributed by atoms with E-state index >= 15 is 0 Å². The molecule has 2 N–H and O–H groups in total. The lowest BCUT2D eigenvalue weighted by atomic mass is 9.86. The summed E-state index contributed by atoms with van der Waals surface area (Å²) < 4.78 is 10.6. The first-order valence-electron chi connectivity index (χ1n) is 7.54. The molecule has 0 saturated carbocycles. The minimum absolute atomic E-state index is 0.00648. The maximum atomic E-state index is 12.6. The lowest BCUT2D eigenvalue weighted by molar-refractivity contribution is 0.0668. The van der Waals surface area contributed by atoms with Crippen molar-refractivity contribution in [3.8, 4) is 11.5 Å². The fourth-order valence-corrected chi connectivity index (χ4v) is 3.08. The van der Waals surface area contributed by atoms with Crippen LogP contribution in [0.3, 0.4) is 0 Å². The zero-order valence-electron chi connectivity index (χ0n) is 12.6. The van der Waals surface area contributed by atoms with Gasteiger partial charge in [-0.3, -0.25) is 4.79 Å². The highest BCUT2D eigenvalue weighted by molar-refractivity contribution is 6.00. The van der Waals surface area contributed by atoms with E-state index in [4.69, 9.17) is 15.2 Å². The number of ether oxygens (including phenoxy) is 2. The highest BCUT2D eigenvalue weighted by Gasteiger charge is 2.27. The Kier molecular flexibility index (Phi) is 3.66. The Morgan fingerprint density at radius 2 is 1.86 bits per heavy atom. The van der Waals surface area contributed by atoms with Crippen molar-refractivity contribution >= 4 is 11.6 Å². The van der Waals surface area contributed by atoms with Gasteiger partial charge in [-0.2, -0.15) is 0 Å². The largest absolute Gasteiger partial charge is 0.454 e. The van der Waals surface area contributed by atoms with Gasteiger partial charge in [-0.15, -0.1) is 0 Å². The Hall–Kier alpha value is -1.91. The normalized spacial score (nSPS) is 18.3. The number of carbonyl (C=O) groups is 1. The van der Waals surface area contributed by atoms with Crippen molar-refractivity contribution in [1.29, 1.82) is 0 Å². The van der Waals surface area contributed by atoms with Crippen LogP contribution in [0.4, 0.5) is 5.69 Å². The number of nitrogens with zero attached hydrogens (tertiary/aromatic N) is 1. The molecule has 0 aromatic heterocycles. The molecule has 0 bridgehead atoms. The van der Waals surface area contributed by atoms with Crippen molar-refractivity contribution in [2.75, 3.05) is 25.6 Å². The average Bonchev–Trinajstić information content (AvgIpc) is 2.93. The van der Waals surface area contributed by atoms with Gasteiger partial charge in [0.2, 0.25) is 6.79 Å². The van der Waals surface area contributed by atoms with Gasteiger partial charge < -0.3 is 20.1 Å². The van der Waals surface area contributed by atoms with Gasteiger partial charge in [-0.1, -0.05) is 13.8 Å². The number of hydrogen-bond donors (Lipinski definition) is 1. The summed E-state index contributed by atoms with van der Waals surface area (Å²) >= 11 is 0. The summed E-state index contributed by atoms with van der Waals surface area (Å²) in [7, 11) is 0. The van der Waals surface area contributed by atoms with E-state index < -0.39 is 0 Å². The summed E-state index contributed by atoms with van der Waals surface area (Å²) in [6, 6.07) is 3.38. The first kappa shape index (κ1) is 14.0. The van der Waals surface area contributed by atoms with Crippen LogP contribution in [-0.4, -0.2) is 30.7 Å². The third-order valence-electron chi connectivity index (χ3n) is 4.54. The molecule has 0 aliphatic carbocycles. The van der Waals surface area contributed by atoms with Gasteiger partial charge in [0.15, 0.2) is 11.5 Å². The van der Waals surface area contributed by atoms with Crippen LogP contribution in [0, 0.1) is 11.8 Å². The van der Waals surface area contributed by atoms with E-state index in [2.05, 4.69) is 13.8 Å². The molecule has 3 rings (SSSR count). The van der Waals surface area contributed by atoms with Gasteiger partial charge in [0.05, 0.1) is 5.56 Å². The molecule has 0 unspecified atom stereocenters. The molecule has 0 atom stereocenters. The number of amides is 1. The van der Waals surface area contributed by atoms with Crippen molar-refractivity contribution < 1.29 is 14.3 Å². The zero-order chi connectivity index (χ0) is 15.0. The zero-order valence-corrected chi connectivity index (χ0v) is 12.6. The molecule has 0 spiro atoms. The van der Waals surface area contributed by atoms with Crippen LogP contribution in [-0.2, 0) is 0 Å². The number of anilines is 1. The number of likely N-dealkylation sites (tertiary alicyclic amines) is 1. The number of piperidine rings is 1. The minimum atomic E-state index is -0.00648. The van der Waals surface area contributed by atoms with Crippen molar-refractivity contribution in [2.24, 2.45) is 11.8 Å². The van der Waals surface area contributed by atoms with Gasteiger partial charge >= 0.3 is 0 Å². The fraction of sp³-hybridized carbons (Fsp3) is 0.562. The molecule has 2 aliphatic rings. The first-order chi connectivity index (χ1) is 10.1. The van der Waals surface area contributed by atoms with E-state index in [0.29, 0.717) is 34.6 Å². The lowest BCUT2D eigenvalue weighted by Gasteiger charge is -2.34. The van der Waals surface area contributed by atoms with Crippen LogP contribution < -0.4 is 15.2 Å². The quantitative estimate of drug-likeness (QED) is 0.850. The maximum absolute atomic E-state index is 12.6. The standard InChI is InChI=1S/C16H22N2O3/c1-10(2)11-3-5-18(6-4-11)16(19)12-7-14-15(8-13(12)17)21-9-20-14/h7-8,10-11H,3-6,9,17H2,1-2H3.